The number of benzene rings is 2. The van der Waals surface area contributed by atoms with Crippen LogP contribution in [0.25, 0.3) is 0 Å². The highest BCUT2D eigenvalue weighted by molar-refractivity contribution is 6.03. The van der Waals surface area contributed by atoms with Crippen molar-refractivity contribution in [2.24, 2.45) is 10.7 Å². The highest BCUT2D eigenvalue weighted by Crippen LogP contribution is 2.20. The lowest BCUT2D eigenvalue weighted by atomic mass is 10.2. The van der Waals surface area contributed by atoms with Crippen molar-refractivity contribution >= 4 is 29.3 Å². The SMILES string of the molecule is COC(=O)c1ccccc1N=C(N)Nc1ccccc1C(=O)OC. The van der Waals surface area contributed by atoms with Crippen molar-refractivity contribution in [2.45, 2.75) is 0 Å². The van der Waals surface area contributed by atoms with Crippen molar-refractivity contribution in [1.29, 1.82) is 0 Å². The second-order valence-corrected chi connectivity index (χ2v) is 4.67. The van der Waals surface area contributed by atoms with Gasteiger partial charge < -0.3 is 20.5 Å². The number of ether oxygens (including phenoxy) is 2. The minimum absolute atomic E-state index is 0.0164. The quantitative estimate of drug-likeness (QED) is 0.507. The fourth-order valence-corrected chi connectivity index (χ4v) is 2.03. The molecule has 0 fully saturated rings. The van der Waals surface area contributed by atoms with E-state index in [1.807, 2.05) is 0 Å². The first kappa shape index (κ1) is 17.0. The molecule has 2 aromatic rings. The van der Waals surface area contributed by atoms with Gasteiger partial charge in [0.2, 0.25) is 0 Å². The van der Waals surface area contributed by atoms with Crippen LogP contribution in [0.5, 0.6) is 0 Å². The van der Waals surface area contributed by atoms with Gasteiger partial charge in [-0.3, -0.25) is 0 Å². The highest BCUT2D eigenvalue weighted by atomic mass is 16.5. The van der Waals surface area contributed by atoms with E-state index in [1.54, 1.807) is 48.5 Å². The van der Waals surface area contributed by atoms with Crippen LogP contribution in [0.2, 0.25) is 0 Å². The number of nitrogens with two attached hydrogens (primary N) is 1. The number of nitrogens with one attached hydrogen (secondary N) is 1. The smallest absolute Gasteiger partial charge is 0.340 e. The van der Waals surface area contributed by atoms with Gasteiger partial charge in [-0.1, -0.05) is 24.3 Å². The fraction of sp³-hybridized carbons (Fsp3) is 0.118. The maximum absolute atomic E-state index is 11.8. The summed E-state index contributed by atoms with van der Waals surface area (Å²) in [5, 5.41) is 2.83. The van der Waals surface area contributed by atoms with Crippen LogP contribution < -0.4 is 11.1 Å². The number of carbonyl (C=O) groups is 2. The molecule has 2 aromatic carbocycles. The minimum Gasteiger partial charge on any atom is -0.465 e. The number of para-hydroxylation sites is 2. The predicted molar refractivity (Wildman–Crippen MR) is 90.5 cm³/mol. The third kappa shape index (κ3) is 3.89. The largest absolute Gasteiger partial charge is 0.465 e. The standard InChI is InChI=1S/C17H17N3O4/c1-23-15(21)11-7-3-5-9-13(11)19-17(18)20-14-10-6-4-8-12(14)16(22)24-2/h3-10H,1-2H3,(H3,18,19,20). The van der Waals surface area contributed by atoms with E-state index in [9.17, 15) is 9.59 Å². The van der Waals surface area contributed by atoms with Gasteiger partial charge in [-0.05, 0) is 24.3 Å². The molecule has 0 aliphatic rings. The number of rotatable bonds is 4. The average Bonchev–Trinajstić information content (AvgIpc) is 2.61. The molecule has 0 saturated carbocycles. The van der Waals surface area contributed by atoms with Crippen LogP contribution in [0.15, 0.2) is 53.5 Å². The van der Waals surface area contributed by atoms with E-state index < -0.39 is 11.9 Å². The first-order valence-corrected chi connectivity index (χ1v) is 7.02. The Balaban J connectivity index is 2.32. The van der Waals surface area contributed by atoms with E-state index in [2.05, 4.69) is 10.3 Å². The van der Waals surface area contributed by atoms with E-state index in [0.717, 1.165) is 0 Å². The summed E-state index contributed by atoms with van der Waals surface area (Å²) in [6.07, 6.45) is 0. The molecule has 0 radical (unpaired) electrons. The van der Waals surface area contributed by atoms with E-state index in [-0.39, 0.29) is 11.5 Å². The van der Waals surface area contributed by atoms with Crippen LogP contribution in [0.3, 0.4) is 0 Å². The summed E-state index contributed by atoms with van der Waals surface area (Å²) in [5.41, 5.74) is 7.29. The Labute approximate surface area is 139 Å². The predicted octanol–water partition coefficient (Wildman–Crippen LogP) is 2.32. The summed E-state index contributed by atoms with van der Waals surface area (Å²) in [6.45, 7) is 0. The van der Waals surface area contributed by atoms with Crippen molar-refractivity contribution in [3.8, 4) is 0 Å². The molecule has 0 aliphatic heterocycles. The molecule has 3 N–H and O–H groups in total. The van der Waals surface area contributed by atoms with E-state index in [0.29, 0.717) is 16.9 Å². The summed E-state index contributed by atoms with van der Waals surface area (Å²) >= 11 is 0. The Hall–Kier alpha value is -3.35. The number of guanidine groups is 1. The molecule has 2 rings (SSSR count). The molecule has 0 bridgehead atoms. The van der Waals surface area contributed by atoms with E-state index in [1.165, 1.54) is 14.2 Å². The zero-order valence-electron chi connectivity index (χ0n) is 13.3. The van der Waals surface area contributed by atoms with Gasteiger partial charge in [-0.15, -0.1) is 0 Å². The van der Waals surface area contributed by atoms with Crippen LogP contribution in [0.1, 0.15) is 20.7 Å². The topological polar surface area (TPSA) is 103 Å². The Morgan fingerprint density at radius 2 is 1.46 bits per heavy atom. The van der Waals surface area contributed by atoms with Crippen molar-refractivity contribution < 1.29 is 19.1 Å². The van der Waals surface area contributed by atoms with Gasteiger partial charge in [0, 0.05) is 0 Å². The third-order valence-corrected chi connectivity index (χ3v) is 3.15. The van der Waals surface area contributed by atoms with Crippen molar-refractivity contribution in [2.75, 3.05) is 19.5 Å². The fourth-order valence-electron chi connectivity index (χ4n) is 2.03. The van der Waals surface area contributed by atoms with Crippen molar-refractivity contribution in [1.82, 2.24) is 0 Å². The molecule has 124 valence electrons. The molecule has 0 aliphatic carbocycles. The molecule has 0 unspecified atom stereocenters. The van der Waals surface area contributed by atoms with Crippen LogP contribution >= 0.6 is 0 Å². The molecule has 0 heterocycles. The van der Waals surface area contributed by atoms with Crippen LogP contribution in [-0.4, -0.2) is 32.1 Å². The summed E-state index contributed by atoms with van der Waals surface area (Å²) < 4.78 is 9.43. The second kappa shape index (κ2) is 7.77. The third-order valence-electron chi connectivity index (χ3n) is 3.15. The van der Waals surface area contributed by atoms with Crippen LogP contribution in [0, 0.1) is 0 Å². The number of hydrogen-bond donors (Lipinski definition) is 2. The number of carbonyl (C=O) groups excluding carboxylic acids is 2. The van der Waals surface area contributed by atoms with Gasteiger partial charge in [0.25, 0.3) is 0 Å². The minimum atomic E-state index is -0.517. The number of hydrogen-bond acceptors (Lipinski definition) is 5. The van der Waals surface area contributed by atoms with Crippen LogP contribution in [-0.2, 0) is 9.47 Å². The molecule has 7 nitrogen and oxygen atoms in total. The summed E-state index contributed by atoms with van der Waals surface area (Å²) in [6, 6.07) is 13.3. The number of aliphatic imine (C=N–C) groups is 1. The zero-order chi connectivity index (χ0) is 17.5. The second-order valence-electron chi connectivity index (χ2n) is 4.67. The molecule has 7 heteroatoms. The lowest BCUT2D eigenvalue weighted by Crippen LogP contribution is -2.23. The Bertz CT molecular complexity index is 787. The number of anilines is 1. The summed E-state index contributed by atoms with van der Waals surface area (Å²) in [5.74, 6) is -0.999. The lowest BCUT2D eigenvalue weighted by Gasteiger charge is -2.10. The first-order chi connectivity index (χ1) is 11.6. The van der Waals surface area contributed by atoms with Gasteiger partial charge >= 0.3 is 11.9 Å². The normalized spacial score (nSPS) is 10.8. The van der Waals surface area contributed by atoms with Gasteiger partial charge in [0.15, 0.2) is 5.96 Å². The molecular formula is C17H17N3O4. The summed E-state index contributed by atoms with van der Waals surface area (Å²) in [7, 11) is 2.58. The summed E-state index contributed by atoms with van der Waals surface area (Å²) in [4.78, 5) is 27.7. The van der Waals surface area contributed by atoms with Gasteiger partial charge in [0.1, 0.15) is 0 Å². The first-order valence-electron chi connectivity index (χ1n) is 7.02. The maximum Gasteiger partial charge on any atom is 0.340 e. The molecule has 0 spiro atoms. The zero-order valence-corrected chi connectivity index (χ0v) is 13.3. The molecule has 0 atom stereocenters. The lowest BCUT2D eigenvalue weighted by molar-refractivity contribution is 0.0593. The van der Waals surface area contributed by atoms with Gasteiger partial charge in [0.05, 0.1) is 36.7 Å². The van der Waals surface area contributed by atoms with Crippen molar-refractivity contribution in [3.63, 3.8) is 0 Å². The number of methoxy groups -OCH3 is 2. The van der Waals surface area contributed by atoms with E-state index >= 15 is 0 Å². The highest BCUT2D eigenvalue weighted by Gasteiger charge is 2.13. The molecule has 0 saturated heterocycles. The Morgan fingerprint density at radius 1 is 0.917 bits per heavy atom. The maximum atomic E-state index is 11.8. The van der Waals surface area contributed by atoms with Gasteiger partial charge in [-0.2, -0.15) is 0 Å². The Kier molecular flexibility index (Phi) is 5.51. The van der Waals surface area contributed by atoms with Crippen molar-refractivity contribution in [3.05, 3.63) is 59.7 Å². The van der Waals surface area contributed by atoms with E-state index in [4.69, 9.17) is 15.2 Å². The molecule has 24 heavy (non-hydrogen) atoms. The van der Waals surface area contributed by atoms with Gasteiger partial charge in [-0.25, -0.2) is 14.6 Å². The molecule has 0 aromatic heterocycles. The average molecular weight is 327 g/mol. The number of esters is 2. The monoisotopic (exact) mass is 327 g/mol. The molecular weight excluding hydrogens is 310 g/mol. The number of nitrogens with zero attached hydrogens (tertiary/aromatic N) is 1. The Morgan fingerprint density at radius 3 is 2.12 bits per heavy atom. The van der Waals surface area contributed by atoms with Crippen LogP contribution in [0.4, 0.5) is 11.4 Å². The molecule has 0 amide bonds.